The number of allylic oxidation sites excluding steroid dienone is 1. The summed E-state index contributed by atoms with van der Waals surface area (Å²) in [6, 6.07) is 23.5. The fourth-order valence-corrected chi connectivity index (χ4v) is 7.23. The summed E-state index contributed by atoms with van der Waals surface area (Å²) in [4.78, 5) is 33.7. The van der Waals surface area contributed by atoms with E-state index in [1.807, 2.05) is 61.5 Å². The largest absolute Gasteiger partial charge is 0.496 e. The van der Waals surface area contributed by atoms with Crippen molar-refractivity contribution < 1.29 is 19.0 Å². The molecule has 0 fully saturated rings. The van der Waals surface area contributed by atoms with E-state index in [4.69, 9.17) is 42.4 Å². The minimum atomic E-state index is -0.840. The van der Waals surface area contributed by atoms with Crippen LogP contribution in [0.5, 0.6) is 11.5 Å². The summed E-state index contributed by atoms with van der Waals surface area (Å²) in [7, 11) is 1.59. The lowest BCUT2D eigenvalue weighted by Gasteiger charge is -2.28. The molecule has 0 unspecified atom stereocenters. The molecular weight excluding hydrogens is 655 g/mol. The van der Waals surface area contributed by atoms with Gasteiger partial charge in [0.2, 0.25) is 0 Å². The predicted octanol–water partition coefficient (Wildman–Crippen LogP) is 7.63. The van der Waals surface area contributed by atoms with Gasteiger partial charge in [0.1, 0.15) is 24.1 Å². The molecule has 0 saturated heterocycles. The Morgan fingerprint density at radius 1 is 0.979 bits per heavy atom. The third kappa shape index (κ3) is 6.59. The summed E-state index contributed by atoms with van der Waals surface area (Å²) in [6.45, 7) is 4.24. The van der Waals surface area contributed by atoms with Gasteiger partial charge in [-0.05, 0) is 72.2 Å². The van der Waals surface area contributed by atoms with E-state index in [0.29, 0.717) is 59.7 Å². The summed E-state index contributed by atoms with van der Waals surface area (Å²) in [6.07, 6.45) is 3.03. The highest BCUT2D eigenvalue weighted by molar-refractivity contribution is 7.07. The summed E-state index contributed by atoms with van der Waals surface area (Å²) < 4.78 is 19.6. The maximum atomic E-state index is 14.5. The predicted molar refractivity (Wildman–Crippen MR) is 187 cm³/mol. The van der Waals surface area contributed by atoms with Crippen LogP contribution in [0, 0.1) is 0 Å². The van der Waals surface area contributed by atoms with Crippen molar-refractivity contribution in [2.75, 3.05) is 13.7 Å². The Hall–Kier alpha value is -4.37. The minimum Gasteiger partial charge on any atom is -0.496 e. The maximum Gasteiger partial charge on any atom is 0.338 e. The van der Waals surface area contributed by atoms with Crippen molar-refractivity contribution >= 4 is 57.4 Å². The topological polar surface area (TPSA) is 79.1 Å². The molecule has 10 heteroatoms. The van der Waals surface area contributed by atoms with Gasteiger partial charge in [-0.3, -0.25) is 9.36 Å². The highest BCUT2D eigenvalue weighted by Crippen LogP contribution is 2.41. The Labute approximate surface area is 286 Å². The van der Waals surface area contributed by atoms with Gasteiger partial charge in [0.05, 0.1) is 29.5 Å². The number of hydrogen-bond donors (Lipinski definition) is 0. The Morgan fingerprint density at radius 2 is 1.77 bits per heavy atom. The van der Waals surface area contributed by atoms with Gasteiger partial charge in [0.15, 0.2) is 4.80 Å². The van der Waals surface area contributed by atoms with Gasteiger partial charge >= 0.3 is 5.97 Å². The Bertz CT molecular complexity index is 2200. The van der Waals surface area contributed by atoms with Gasteiger partial charge < -0.3 is 14.2 Å². The highest BCUT2D eigenvalue weighted by atomic mass is 35.5. The average Bonchev–Trinajstić information content (AvgIpc) is 3.37. The molecule has 1 aliphatic heterocycles. The number of carbonyl (C=O) groups is 1. The second kappa shape index (κ2) is 14.2. The number of fused-ring (bicyclic) bond motifs is 2. The lowest BCUT2D eigenvalue weighted by Crippen LogP contribution is -2.40. The van der Waals surface area contributed by atoms with E-state index in [2.05, 4.69) is 0 Å². The van der Waals surface area contributed by atoms with E-state index in [1.54, 1.807) is 48.9 Å². The van der Waals surface area contributed by atoms with Gasteiger partial charge in [0.25, 0.3) is 5.56 Å². The van der Waals surface area contributed by atoms with E-state index in [0.717, 1.165) is 22.8 Å². The molecule has 5 aromatic rings. The molecular formula is C37H32Cl2N2O5S. The Balaban J connectivity index is 1.57. The molecule has 1 aliphatic rings. The minimum absolute atomic E-state index is 0.179. The zero-order chi connectivity index (χ0) is 33.1. The zero-order valence-corrected chi connectivity index (χ0v) is 28.4. The number of hydrogen-bond acceptors (Lipinski definition) is 7. The molecule has 0 radical (unpaired) electrons. The summed E-state index contributed by atoms with van der Waals surface area (Å²) >= 11 is 13.8. The smallest absolute Gasteiger partial charge is 0.338 e. The van der Waals surface area contributed by atoms with Gasteiger partial charge in [-0.2, -0.15) is 0 Å². The van der Waals surface area contributed by atoms with Crippen LogP contribution in [0.25, 0.3) is 16.8 Å². The number of thiazole rings is 1. The molecule has 2 heterocycles. The fourth-order valence-electron chi connectivity index (χ4n) is 5.82. The van der Waals surface area contributed by atoms with Crippen molar-refractivity contribution in [3.05, 3.63) is 137 Å². The number of benzene rings is 4. The molecule has 4 aromatic carbocycles. The number of rotatable bonds is 10. The van der Waals surface area contributed by atoms with Crippen LogP contribution >= 0.6 is 34.5 Å². The van der Waals surface area contributed by atoms with Gasteiger partial charge in [0, 0.05) is 21.2 Å². The number of ether oxygens (including phenoxy) is 3. The monoisotopic (exact) mass is 686 g/mol. The first-order chi connectivity index (χ1) is 22.8. The molecule has 47 heavy (non-hydrogen) atoms. The number of nitrogens with zero attached hydrogens (tertiary/aromatic N) is 2. The van der Waals surface area contributed by atoms with E-state index in [9.17, 15) is 9.59 Å². The lowest BCUT2D eigenvalue weighted by atomic mass is 9.90. The lowest BCUT2D eigenvalue weighted by molar-refractivity contribution is -0.139. The van der Waals surface area contributed by atoms with Crippen LogP contribution in [0.1, 0.15) is 49.4 Å². The summed E-state index contributed by atoms with van der Waals surface area (Å²) in [5.74, 6) is 0.584. The third-order valence-electron chi connectivity index (χ3n) is 7.86. The molecule has 6 rings (SSSR count). The first kappa shape index (κ1) is 32.6. The maximum absolute atomic E-state index is 14.5. The van der Waals surface area contributed by atoms with Crippen molar-refractivity contribution in [3.63, 3.8) is 0 Å². The molecule has 0 N–H and O–H groups in total. The first-order valence-electron chi connectivity index (χ1n) is 15.3. The summed E-state index contributed by atoms with van der Waals surface area (Å²) in [5, 5.41) is 2.92. The molecule has 0 saturated carbocycles. The molecule has 0 bridgehead atoms. The number of carbonyl (C=O) groups excluding carboxylic acids is 1. The Kier molecular flexibility index (Phi) is 9.82. The second-order valence-corrected chi connectivity index (χ2v) is 12.8. The number of esters is 1. The molecule has 7 nitrogen and oxygen atoms in total. The molecule has 0 spiro atoms. The van der Waals surface area contributed by atoms with Crippen molar-refractivity contribution in [2.45, 2.75) is 39.3 Å². The zero-order valence-electron chi connectivity index (χ0n) is 26.1. The van der Waals surface area contributed by atoms with Gasteiger partial charge in [-0.15, -0.1) is 0 Å². The van der Waals surface area contributed by atoms with Crippen LogP contribution in [0.15, 0.2) is 99.9 Å². The summed E-state index contributed by atoms with van der Waals surface area (Å²) in [5.41, 5.74) is 2.83. The van der Waals surface area contributed by atoms with Gasteiger partial charge in [-0.25, -0.2) is 9.79 Å². The van der Waals surface area contributed by atoms with Crippen LogP contribution in [0.3, 0.4) is 0 Å². The van der Waals surface area contributed by atoms with Crippen molar-refractivity contribution in [1.82, 2.24) is 4.57 Å². The van der Waals surface area contributed by atoms with Crippen molar-refractivity contribution in [3.8, 4) is 11.5 Å². The van der Waals surface area contributed by atoms with E-state index in [-0.39, 0.29) is 18.8 Å². The van der Waals surface area contributed by atoms with Crippen LogP contribution in [0.2, 0.25) is 10.0 Å². The SMILES string of the molecule is CCCC1=C(C(=O)OCC)[C@@H](c2c(OC)ccc3ccccc23)n2c(s/c(=C\c3cc(Cl)ccc3OCc3cccc(Cl)c3)c2=O)=N1. The highest BCUT2D eigenvalue weighted by Gasteiger charge is 2.37. The molecule has 1 aromatic heterocycles. The van der Waals surface area contributed by atoms with Crippen molar-refractivity contribution in [1.29, 1.82) is 0 Å². The average molecular weight is 688 g/mol. The third-order valence-corrected chi connectivity index (χ3v) is 9.31. The standard InChI is InChI=1S/C37H32Cl2N2O5S/c1-4-9-28-33(36(43)45-5-2)34(32-27-13-7-6-11-23(27)14-16-30(32)44-3)41-35(42)31(47-37(41)40-28)20-24-19-26(39)15-17-29(24)46-21-22-10-8-12-25(38)18-22/h6-8,10-20,34H,4-5,9,21H2,1-3H3/b31-20-/t34-/m1/s1. The van der Waals surface area contributed by atoms with E-state index >= 15 is 0 Å². The molecule has 0 amide bonds. The van der Waals surface area contributed by atoms with E-state index in [1.165, 1.54) is 11.3 Å². The number of aromatic nitrogens is 1. The van der Waals surface area contributed by atoms with Crippen LogP contribution < -0.4 is 24.4 Å². The molecule has 0 aliphatic carbocycles. The number of methoxy groups -OCH3 is 1. The van der Waals surface area contributed by atoms with E-state index < -0.39 is 12.0 Å². The number of halogens is 2. The first-order valence-corrected chi connectivity index (χ1v) is 16.8. The molecule has 240 valence electrons. The quantitative estimate of drug-likeness (QED) is 0.141. The Morgan fingerprint density at radius 3 is 2.53 bits per heavy atom. The second-order valence-electron chi connectivity index (χ2n) is 10.9. The van der Waals surface area contributed by atoms with Crippen molar-refractivity contribution in [2.24, 2.45) is 4.99 Å². The fraction of sp³-hybridized carbons (Fsp3) is 0.216. The van der Waals surface area contributed by atoms with Gasteiger partial charge in [-0.1, -0.05) is 90.3 Å². The van der Waals surface area contributed by atoms with Crippen LogP contribution in [-0.2, 0) is 16.1 Å². The molecule has 1 atom stereocenters. The normalized spacial score (nSPS) is 14.6. The van der Waals surface area contributed by atoms with Crippen LogP contribution in [0.4, 0.5) is 0 Å². The van der Waals surface area contributed by atoms with Crippen LogP contribution in [-0.4, -0.2) is 24.3 Å².